The van der Waals surface area contributed by atoms with E-state index in [1.165, 1.54) is 5.56 Å². The highest BCUT2D eigenvalue weighted by molar-refractivity contribution is 7.59. The average Bonchev–Trinajstić information content (AvgIpc) is 2.81. The molecule has 2 aromatic rings. The lowest BCUT2D eigenvalue weighted by Crippen LogP contribution is -2.53. The molecular formula is C24H29N3O3S. The first kappa shape index (κ1) is 24.5. The molecule has 0 radical (unpaired) electrons. The Bertz CT molecular complexity index is 915. The van der Waals surface area contributed by atoms with Gasteiger partial charge < -0.3 is 21.1 Å². The van der Waals surface area contributed by atoms with Crippen molar-refractivity contribution in [3.8, 4) is 11.8 Å². The first-order valence-electron chi connectivity index (χ1n) is 10.2. The van der Waals surface area contributed by atoms with Crippen LogP contribution in [0.3, 0.4) is 0 Å². The highest BCUT2D eigenvalue weighted by Crippen LogP contribution is 2.28. The topological polar surface area (TPSA) is 95.7 Å². The highest BCUT2D eigenvalue weighted by Gasteiger charge is 2.26. The van der Waals surface area contributed by atoms with E-state index in [0.29, 0.717) is 19.0 Å². The Morgan fingerprint density at radius 3 is 2.16 bits per heavy atom. The number of aliphatic hydroxyl groups excluding tert-OH is 1. The van der Waals surface area contributed by atoms with Gasteiger partial charge in [-0.05, 0) is 48.6 Å². The molecule has 6 nitrogen and oxygen atoms in total. The fraction of sp³-hybridized carbons (Fsp3) is 0.333. The Hall–Kier alpha value is -2.79. The van der Waals surface area contributed by atoms with Gasteiger partial charge in [-0.3, -0.25) is 4.79 Å². The molecule has 1 fully saturated rings. The fourth-order valence-corrected chi connectivity index (χ4v) is 3.54. The van der Waals surface area contributed by atoms with Crippen LogP contribution in [0.25, 0.3) is 0 Å². The van der Waals surface area contributed by atoms with Gasteiger partial charge in [0.15, 0.2) is 5.78 Å². The second kappa shape index (κ2) is 12.2. The zero-order valence-corrected chi connectivity index (χ0v) is 18.4. The Kier molecular flexibility index (Phi) is 9.60. The first-order valence-corrected chi connectivity index (χ1v) is 10.2. The average molecular weight is 440 g/mol. The number of amides is 2. The Labute approximate surface area is 190 Å². The van der Waals surface area contributed by atoms with Crippen LogP contribution >= 0.6 is 13.5 Å². The molecule has 0 unspecified atom stereocenters. The number of benzene rings is 2. The molecule has 164 valence electrons. The molecular weight excluding hydrogens is 410 g/mol. The molecule has 1 aliphatic rings. The number of aliphatic hydroxyl groups is 1. The van der Waals surface area contributed by atoms with Gasteiger partial charge in [-0.15, -0.1) is 0 Å². The number of nitrogens with two attached hydrogens (primary N) is 1. The number of ketones is 1. The van der Waals surface area contributed by atoms with E-state index in [0.717, 1.165) is 24.0 Å². The molecule has 2 aromatic carbocycles. The number of hydrogen-bond donors (Lipinski definition) is 3. The normalized spacial score (nSPS) is 14.6. The van der Waals surface area contributed by atoms with E-state index < -0.39 is 18.4 Å². The second-order valence-electron chi connectivity index (χ2n) is 7.36. The number of nitrogens with zero attached hydrogens (tertiary/aromatic N) is 1. The number of likely N-dealkylation sites (tertiary alicyclic amines) is 1. The standard InChI is InChI=1S/C24H27N3O3.H2S/c25-16-22(23(29)17-28)26-24(30)27-14-12-21(13-15-27)20-10-8-19(9-11-20)7-6-18-4-2-1-3-5-18;/h1-5,8-11,21-22,28H,12-17,25H2,(H,26,30);1H2/t22-;/m1./s1. The number of hydrogen-bond acceptors (Lipinski definition) is 4. The van der Waals surface area contributed by atoms with E-state index in [2.05, 4.69) is 29.3 Å². The van der Waals surface area contributed by atoms with Gasteiger partial charge >= 0.3 is 6.03 Å². The van der Waals surface area contributed by atoms with E-state index in [4.69, 9.17) is 10.8 Å². The van der Waals surface area contributed by atoms with E-state index >= 15 is 0 Å². The van der Waals surface area contributed by atoms with Gasteiger partial charge in [0.2, 0.25) is 0 Å². The molecule has 1 saturated heterocycles. The summed E-state index contributed by atoms with van der Waals surface area (Å²) in [6, 6.07) is 17.0. The molecule has 4 N–H and O–H groups in total. The summed E-state index contributed by atoms with van der Waals surface area (Å²) in [6.45, 7) is 0.560. The number of carbonyl (C=O) groups is 2. The van der Waals surface area contributed by atoms with Gasteiger partial charge in [0, 0.05) is 30.8 Å². The monoisotopic (exact) mass is 439 g/mol. The van der Waals surface area contributed by atoms with Crippen LogP contribution in [0.4, 0.5) is 4.79 Å². The molecule has 2 amide bonds. The van der Waals surface area contributed by atoms with Gasteiger partial charge in [-0.2, -0.15) is 13.5 Å². The molecule has 1 atom stereocenters. The number of piperidine rings is 1. The van der Waals surface area contributed by atoms with Crippen LogP contribution in [-0.2, 0) is 4.79 Å². The van der Waals surface area contributed by atoms with E-state index in [-0.39, 0.29) is 26.1 Å². The van der Waals surface area contributed by atoms with Crippen LogP contribution in [0.15, 0.2) is 54.6 Å². The zero-order valence-electron chi connectivity index (χ0n) is 17.4. The molecule has 0 bridgehead atoms. The summed E-state index contributed by atoms with van der Waals surface area (Å²) in [6.07, 6.45) is 1.70. The van der Waals surface area contributed by atoms with Crippen LogP contribution in [0.5, 0.6) is 0 Å². The minimum atomic E-state index is -0.843. The quantitative estimate of drug-likeness (QED) is 0.621. The zero-order chi connectivity index (χ0) is 21.3. The molecule has 0 aromatic heterocycles. The van der Waals surface area contributed by atoms with Gasteiger partial charge in [0.1, 0.15) is 12.6 Å². The number of Topliss-reactive ketones (excluding diaryl/α,β-unsaturated/α-hetero) is 1. The summed E-state index contributed by atoms with van der Waals surface area (Å²) >= 11 is 0. The van der Waals surface area contributed by atoms with Crippen molar-refractivity contribution < 1.29 is 14.7 Å². The van der Waals surface area contributed by atoms with Crippen LogP contribution in [0, 0.1) is 11.8 Å². The summed E-state index contributed by atoms with van der Waals surface area (Å²) in [5.74, 6) is 6.25. The summed E-state index contributed by atoms with van der Waals surface area (Å²) in [5.41, 5.74) is 8.73. The van der Waals surface area contributed by atoms with Crippen LogP contribution in [0.2, 0.25) is 0 Å². The van der Waals surface area contributed by atoms with Gasteiger partial charge in [0.05, 0.1) is 0 Å². The maximum Gasteiger partial charge on any atom is 0.318 e. The van der Waals surface area contributed by atoms with Gasteiger partial charge in [-0.1, -0.05) is 42.2 Å². The highest BCUT2D eigenvalue weighted by atomic mass is 32.1. The number of carbonyl (C=O) groups excluding carboxylic acids is 2. The Morgan fingerprint density at radius 2 is 1.61 bits per heavy atom. The molecule has 31 heavy (non-hydrogen) atoms. The SMILES string of the molecule is NC[C@@H](NC(=O)N1CCC(c2ccc(C#Cc3ccccc3)cc2)CC1)C(=O)CO.S. The van der Waals surface area contributed by atoms with Crippen molar-refractivity contribution >= 4 is 25.3 Å². The van der Waals surface area contributed by atoms with E-state index in [1.54, 1.807) is 4.90 Å². The third-order valence-electron chi connectivity index (χ3n) is 5.37. The lowest BCUT2D eigenvalue weighted by molar-refractivity contribution is -0.123. The molecule has 0 aliphatic carbocycles. The fourth-order valence-electron chi connectivity index (χ4n) is 3.54. The molecule has 1 aliphatic heterocycles. The van der Waals surface area contributed by atoms with Crippen LogP contribution in [-0.4, -0.2) is 54.1 Å². The Morgan fingerprint density at radius 1 is 1.03 bits per heavy atom. The van der Waals surface area contributed by atoms with Crippen molar-refractivity contribution in [3.63, 3.8) is 0 Å². The van der Waals surface area contributed by atoms with E-state index in [9.17, 15) is 9.59 Å². The second-order valence-corrected chi connectivity index (χ2v) is 7.36. The van der Waals surface area contributed by atoms with Gasteiger partial charge in [0.25, 0.3) is 0 Å². The summed E-state index contributed by atoms with van der Waals surface area (Å²) in [7, 11) is 0. The third-order valence-corrected chi connectivity index (χ3v) is 5.37. The van der Waals surface area contributed by atoms with Crippen molar-refractivity contribution in [2.24, 2.45) is 5.73 Å². The van der Waals surface area contributed by atoms with Crippen LogP contribution < -0.4 is 11.1 Å². The summed E-state index contributed by atoms with van der Waals surface area (Å²) < 4.78 is 0. The minimum absolute atomic E-state index is 0. The summed E-state index contributed by atoms with van der Waals surface area (Å²) in [4.78, 5) is 25.7. The summed E-state index contributed by atoms with van der Waals surface area (Å²) in [5, 5.41) is 11.6. The van der Waals surface area contributed by atoms with Crippen molar-refractivity contribution in [1.82, 2.24) is 10.2 Å². The predicted octanol–water partition coefficient (Wildman–Crippen LogP) is 1.98. The van der Waals surface area contributed by atoms with Crippen molar-refractivity contribution in [1.29, 1.82) is 0 Å². The largest absolute Gasteiger partial charge is 0.388 e. The smallest absolute Gasteiger partial charge is 0.318 e. The van der Waals surface area contributed by atoms with E-state index in [1.807, 2.05) is 42.5 Å². The molecule has 1 heterocycles. The third kappa shape index (κ3) is 6.86. The van der Waals surface area contributed by atoms with Crippen LogP contribution in [0.1, 0.15) is 35.4 Å². The number of rotatable bonds is 5. The predicted molar refractivity (Wildman–Crippen MR) is 126 cm³/mol. The maximum absolute atomic E-state index is 12.4. The Balaban J connectivity index is 0.00000341. The lowest BCUT2D eigenvalue weighted by atomic mass is 9.89. The molecule has 7 heteroatoms. The maximum atomic E-state index is 12.4. The van der Waals surface area contributed by atoms with Crippen molar-refractivity contribution in [2.45, 2.75) is 24.8 Å². The number of urea groups is 1. The molecule has 3 rings (SSSR count). The van der Waals surface area contributed by atoms with Gasteiger partial charge in [-0.25, -0.2) is 4.79 Å². The van der Waals surface area contributed by atoms with Crippen molar-refractivity contribution in [3.05, 3.63) is 71.3 Å². The van der Waals surface area contributed by atoms with Crippen molar-refractivity contribution in [2.75, 3.05) is 26.2 Å². The minimum Gasteiger partial charge on any atom is -0.388 e. The molecule has 0 saturated carbocycles. The number of nitrogens with one attached hydrogen (secondary N) is 1. The lowest BCUT2D eigenvalue weighted by Gasteiger charge is -2.33. The molecule has 0 spiro atoms. The first-order chi connectivity index (χ1) is 14.6.